The number of nitro groups is 1. The van der Waals surface area contributed by atoms with Gasteiger partial charge in [0.05, 0.1) is 15.6 Å². The normalized spacial score (nSPS) is 11.6. The summed E-state index contributed by atoms with van der Waals surface area (Å²) in [7, 11) is 0. The number of nitrogens with one attached hydrogen (secondary N) is 1. The summed E-state index contributed by atoms with van der Waals surface area (Å²) in [6.45, 7) is 1.91. The van der Waals surface area contributed by atoms with Crippen molar-refractivity contribution >= 4 is 23.0 Å². The monoisotopic (exact) mass is 238 g/mol. The van der Waals surface area contributed by atoms with Crippen molar-refractivity contribution in [2.45, 2.75) is 19.4 Å². The van der Waals surface area contributed by atoms with Gasteiger partial charge < -0.3 is 5.32 Å². The third kappa shape index (κ3) is 3.14. The Labute approximate surface area is 98.8 Å². The zero-order chi connectivity index (χ0) is 12.1. The van der Waals surface area contributed by atoms with Crippen molar-refractivity contribution < 1.29 is 4.92 Å². The molecule has 1 atom stereocenters. The molecule has 4 nitrogen and oxygen atoms in total. The standard InChI is InChI=1S/C11H11ClN2O2/c1-3-4-8(2)13-11-6-5-9(14(15)16)7-10(11)12/h1,5-8,13H,4H2,2H3. The predicted octanol–water partition coefficient (Wildman–Crippen LogP) is 3.07. The number of hydrogen-bond donors (Lipinski definition) is 1. The van der Waals surface area contributed by atoms with E-state index in [1.165, 1.54) is 12.1 Å². The van der Waals surface area contributed by atoms with E-state index in [2.05, 4.69) is 11.2 Å². The fourth-order valence-corrected chi connectivity index (χ4v) is 1.46. The van der Waals surface area contributed by atoms with Crippen LogP contribution in [0.15, 0.2) is 18.2 Å². The lowest BCUT2D eigenvalue weighted by Crippen LogP contribution is -2.14. The molecule has 5 heteroatoms. The van der Waals surface area contributed by atoms with Crippen LogP contribution in [0.4, 0.5) is 11.4 Å². The Balaban J connectivity index is 2.84. The first-order valence-corrected chi connectivity index (χ1v) is 5.06. The molecular formula is C11H11ClN2O2. The summed E-state index contributed by atoms with van der Waals surface area (Å²) in [6, 6.07) is 4.36. The van der Waals surface area contributed by atoms with Crippen LogP contribution in [-0.4, -0.2) is 11.0 Å². The zero-order valence-electron chi connectivity index (χ0n) is 8.74. The van der Waals surface area contributed by atoms with Crippen LogP contribution in [0, 0.1) is 22.5 Å². The first-order chi connectivity index (χ1) is 7.54. The fraction of sp³-hybridized carbons (Fsp3) is 0.273. The summed E-state index contributed by atoms with van der Waals surface area (Å²) in [5, 5.41) is 13.9. The molecule has 1 unspecified atom stereocenters. The molecule has 84 valence electrons. The van der Waals surface area contributed by atoms with Crippen molar-refractivity contribution in [1.29, 1.82) is 0 Å². The number of hydrogen-bond acceptors (Lipinski definition) is 3. The van der Waals surface area contributed by atoms with Crippen LogP contribution >= 0.6 is 11.6 Å². The molecule has 0 aromatic heterocycles. The smallest absolute Gasteiger partial charge is 0.271 e. The first-order valence-electron chi connectivity index (χ1n) is 4.68. The van der Waals surface area contributed by atoms with Crippen LogP contribution in [-0.2, 0) is 0 Å². The molecule has 0 radical (unpaired) electrons. The van der Waals surface area contributed by atoms with Crippen LogP contribution in [0.1, 0.15) is 13.3 Å². The van der Waals surface area contributed by atoms with E-state index in [-0.39, 0.29) is 11.7 Å². The van der Waals surface area contributed by atoms with Gasteiger partial charge in [-0.3, -0.25) is 10.1 Å². The molecule has 0 aliphatic heterocycles. The van der Waals surface area contributed by atoms with Crippen molar-refractivity contribution in [2.75, 3.05) is 5.32 Å². The average molecular weight is 239 g/mol. The number of nitro benzene ring substituents is 1. The molecule has 0 saturated carbocycles. The van der Waals surface area contributed by atoms with E-state index in [4.69, 9.17) is 18.0 Å². The molecule has 0 spiro atoms. The Kier molecular flexibility index (Phi) is 4.15. The minimum absolute atomic E-state index is 0.0276. The van der Waals surface area contributed by atoms with E-state index in [9.17, 15) is 10.1 Å². The van der Waals surface area contributed by atoms with E-state index < -0.39 is 4.92 Å². The van der Waals surface area contributed by atoms with Gasteiger partial charge in [0.1, 0.15) is 0 Å². The van der Waals surface area contributed by atoms with E-state index in [0.29, 0.717) is 17.1 Å². The molecule has 1 rings (SSSR count). The van der Waals surface area contributed by atoms with E-state index >= 15 is 0 Å². The highest BCUT2D eigenvalue weighted by Crippen LogP contribution is 2.27. The highest BCUT2D eigenvalue weighted by Gasteiger charge is 2.10. The maximum atomic E-state index is 10.5. The van der Waals surface area contributed by atoms with Crippen molar-refractivity contribution in [3.63, 3.8) is 0 Å². The summed E-state index contributed by atoms with van der Waals surface area (Å²) in [5.74, 6) is 2.52. The Morgan fingerprint density at radius 3 is 2.88 bits per heavy atom. The van der Waals surface area contributed by atoms with Crippen LogP contribution < -0.4 is 5.32 Å². The second kappa shape index (κ2) is 5.38. The number of non-ortho nitro benzene ring substituents is 1. The summed E-state index contributed by atoms with van der Waals surface area (Å²) < 4.78 is 0. The highest BCUT2D eigenvalue weighted by atomic mass is 35.5. The predicted molar refractivity (Wildman–Crippen MR) is 64.6 cm³/mol. The molecule has 0 bridgehead atoms. The number of anilines is 1. The molecule has 0 saturated heterocycles. The molecule has 0 aliphatic carbocycles. The second-order valence-electron chi connectivity index (χ2n) is 3.37. The minimum atomic E-state index is -0.486. The largest absolute Gasteiger partial charge is 0.380 e. The van der Waals surface area contributed by atoms with E-state index in [0.717, 1.165) is 0 Å². The van der Waals surface area contributed by atoms with Gasteiger partial charge in [-0.15, -0.1) is 12.3 Å². The Bertz CT molecular complexity index is 440. The van der Waals surface area contributed by atoms with Gasteiger partial charge in [-0.25, -0.2) is 0 Å². The molecule has 0 amide bonds. The van der Waals surface area contributed by atoms with Crippen molar-refractivity contribution in [2.24, 2.45) is 0 Å². The lowest BCUT2D eigenvalue weighted by atomic mass is 10.2. The van der Waals surface area contributed by atoms with Crippen molar-refractivity contribution in [1.82, 2.24) is 0 Å². The maximum Gasteiger partial charge on any atom is 0.271 e. The SMILES string of the molecule is C#CCC(C)Nc1ccc([N+](=O)[O-])cc1Cl. The van der Waals surface area contributed by atoms with Crippen LogP contribution in [0.25, 0.3) is 0 Å². The van der Waals surface area contributed by atoms with Gasteiger partial charge in [0.2, 0.25) is 0 Å². The lowest BCUT2D eigenvalue weighted by molar-refractivity contribution is -0.384. The second-order valence-corrected chi connectivity index (χ2v) is 3.78. The van der Waals surface area contributed by atoms with Crippen molar-refractivity contribution in [3.05, 3.63) is 33.3 Å². The summed E-state index contributed by atoms with van der Waals surface area (Å²) in [6.07, 6.45) is 5.74. The van der Waals surface area contributed by atoms with Crippen LogP contribution in [0.5, 0.6) is 0 Å². The van der Waals surface area contributed by atoms with Gasteiger partial charge in [0.15, 0.2) is 0 Å². The van der Waals surface area contributed by atoms with Gasteiger partial charge in [0.25, 0.3) is 5.69 Å². The van der Waals surface area contributed by atoms with Gasteiger partial charge in [-0.2, -0.15) is 0 Å². The molecule has 0 heterocycles. The Morgan fingerprint density at radius 1 is 1.69 bits per heavy atom. The summed E-state index contributed by atoms with van der Waals surface area (Å²) in [5.41, 5.74) is 0.621. The number of nitrogens with zero attached hydrogens (tertiary/aromatic N) is 1. The molecule has 0 aliphatic rings. The Morgan fingerprint density at radius 2 is 2.38 bits per heavy atom. The van der Waals surface area contributed by atoms with Gasteiger partial charge in [0, 0.05) is 24.6 Å². The molecule has 1 aromatic rings. The van der Waals surface area contributed by atoms with Crippen molar-refractivity contribution in [3.8, 4) is 12.3 Å². The van der Waals surface area contributed by atoms with Gasteiger partial charge >= 0.3 is 0 Å². The van der Waals surface area contributed by atoms with Crippen LogP contribution in [0.3, 0.4) is 0 Å². The quantitative estimate of drug-likeness (QED) is 0.498. The number of benzene rings is 1. The zero-order valence-corrected chi connectivity index (χ0v) is 9.49. The van der Waals surface area contributed by atoms with Gasteiger partial charge in [-0.05, 0) is 13.0 Å². The van der Waals surface area contributed by atoms with E-state index in [1.807, 2.05) is 6.92 Å². The number of halogens is 1. The molecule has 0 fully saturated rings. The Hall–Kier alpha value is -1.73. The lowest BCUT2D eigenvalue weighted by Gasteiger charge is -2.13. The number of rotatable bonds is 4. The molecule has 1 aromatic carbocycles. The van der Waals surface area contributed by atoms with Crippen LogP contribution in [0.2, 0.25) is 5.02 Å². The average Bonchev–Trinajstić information content (AvgIpc) is 2.21. The maximum absolute atomic E-state index is 10.5. The third-order valence-corrected chi connectivity index (χ3v) is 2.30. The molecule has 1 N–H and O–H groups in total. The molecule has 16 heavy (non-hydrogen) atoms. The summed E-state index contributed by atoms with van der Waals surface area (Å²) >= 11 is 5.90. The van der Waals surface area contributed by atoms with Gasteiger partial charge in [-0.1, -0.05) is 11.6 Å². The first kappa shape index (κ1) is 12.3. The topological polar surface area (TPSA) is 55.2 Å². The number of terminal acetylenes is 1. The summed E-state index contributed by atoms with van der Waals surface area (Å²) in [4.78, 5) is 10.0. The highest BCUT2D eigenvalue weighted by molar-refractivity contribution is 6.33. The third-order valence-electron chi connectivity index (χ3n) is 1.99. The minimum Gasteiger partial charge on any atom is -0.380 e. The van der Waals surface area contributed by atoms with E-state index in [1.54, 1.807) is 6.07 Å². The fourth-order valence-electron chi connectivity index (χ4n) is 1.23. The molecular weight excluding hydrogens is 228 g/mol.